The minimum Gasteiger partial charge on any atom is -0.496 e. The SMILES string of the molecule is COc1cc(C)c(S(=O)(=O)Nc2ccc3nc[nH]c3c2)cc1C. The molecule has 0 aliphatic rings. The number of ether oxygens (including phenoxy) is 1. The fourth-order valence-electron chi connectivity index (χ4n) is 2.48. The molecule has 6 nitrogen and oxygen atoms in total. The highest BCUT2D eigenvalue weighted by Crippen LogP contribution is 2.27. The second-order valence-corrected chi connectivity index (χ2v) is 6.98. The van der Waals surface area contributed by atoms with E-state index in [1.54, 1.807) is 50.7 Å². The molecule has 2 aromatic carbocycles. The van der Waals surface area contributed by atoms with Crippen LogP contribution in [0.25, 0.3) is 11.0 Å². The van der Waals surface area contributed by atoms with Crippen LogP contribution in [0.3, 0.4) is 0 Å². The maximum Gasteiger partial charge on any atom is 0.262 e. The highest BCUT2D eigenvalue weighted by atomic mass is 32.2. The molecule has 0 atom stereocenters. The zero-order valence-electron chi connectivity index (χ0n) is 13.0. The van der Waals surface area contributed by atoms with Crippen LogP contribution in [0.5, 0.6) is 5.75 Å². The molecule has 2 N–H and O–H groups in total. The van der Waals surface area contributed by atoms with Crippen molar-refractivity contribution in [2.45, 2.75) is 18.7 Å². The van der Waals surface area contributed by atoms with E-state index in [9.17, 15) is 8.42 Å². The smallest absolute Gasteiger partial charge is 0.262 e. The van der Waals surface area contributed by atoms with Crippen LogP contribution < -0.4 is 9.46 Å². The number of sulfonamides is 1. The molecule has 0 unspecified atom stereocenters. The molecule has 0 aliphatic carbocycles. The number of nitrogens with zero attached hydrogens (tertiary/aromatic N) is 1. The van der Waals surface area contributed by atoms with Gasteiger partial charge in [-0.1, -0.05) is 0 Å². The number of anilines is 1. The molecule has 0 aliphatic heterocycles. The van der Waals surface area contributed by atoms with E-state index >= 15 is 0 Å². The third-order valence-electron chi connectivity index (χ3n) is 3.65. The largest absolute Gasteiger partial charge is 0.496 e. The molecule has 7 heteroatoms. The fraction of sp³-hybridized carbons (Fsp3) is 0.188. The summed E-state index contributed by atoms with van der Waals surface area (Å²) in [5.41, 5.74) is 3.43. The molecule has 0 bridgehead atoms. The highest BCUT2D eigenvalue weighted by molar-refractivity contribution is 7.92. The van der Waals surface area contributed by atoms with Crippen molar-refractivity contribution in [3.05, 3.63) is 47.8 Å². The second kappa shape index (κ2) is 5.58. The van der Waals surface area contributed by atoms with Crippen LogP contribution in [-0.4, -0.2) is 25.5 Å². The summed E-state index contributed by atoms with van der Waals surface area (Å²) in [6, 6.07) is 8.50. The zero-order chi connectivity index (χ0) is 16.6. The number of fused-ring (bicyclic) bond motifs is 1. The first-order chi connectivity index (χ1) is 10.9. The van der Waals surface area contributed by atoms with Gasteiger partial charge in [-0.25, -0.2) is 13.4 Å². The van der Waals surface area contributed by atoms with Crippen LogP contribution in [0.1, 0.15) is 11.1 Å². The predicted molar refractivity (Wildman–Crippen MR) is 89.4 cm³/mol. The van der Waals surface area contributed by atoms with Crippen LogP contribution in [0.2, 0.25) is 0 Å². The van der Waals surface area contributed by atoms with E-state index in [1.165, 1.54) is 0 Å². The molecule has 0 fully saturated rings. The normalized spacial score (nSPS) is 11.6. The third-order valence-corrected chi connectivity index (χ3v) is 5.18. The van der Waals surface area contributed by atoms with Gasteiger partial charge in [0, 0.05) is 0 Å². The first kappa shape index (κ1) is 15.4. The van der Waals surface area contributed by atoms with E-state index < -0.39 is 10.0 Å². The maximum absolute atomic E-state index is 12.7. The minimum absolute atomic E-state index is 0.237. The fourth-order valence-corrected chi connectivity index (χ4v) is 3.84. The standard InChI is InChI=1S/C16H17N3O3S/c1-10-7-16(11(2)6-15(10)22-3)23(20,21)19-12-4-5-13-14(8-12)18-9-17-13/h4-9,19H,1-3H3,(H,17,18). The molecule has 1 heterocycles. The number of rotatable bonds is 4. The number of nitrogens with one attached hydrogen (secondary N) is 2. The van der Waals surface area contributed by atoms with Gasteiger partial charge in [-0.3, -0.25) is 4.72 Å². The number of aryl methyl sites for hydroxylation is 2. The zero-order valence-corrected chi connectivity index (χ0v) is 13.9. The second-order valence-electron chi connectivity index (χ2n) is 5.33. The lowest BCUT2D eigenvalue weighted by Gasteiger charge is -2.13. The first-order valence-corrected chi connectivity index (χ1v) is 8.50. The highest BCUT2D eigenvalue weighted by Gasteiger charge is 2.19. The average Bonchev–Trinajstić information content (AvgIpc) is 2.96. The Hall–Kier alpha value is -2.54. The van der Waals surface area contributed by atoms with E-state index in [4.69, 9.17) is 4.74 Å². The Bertz CT molecular complexity index is 977. The van der Waals surface area contributed by atoms with Crippen molar-refractivity contribution in [1.29, 1.82) is 0 Å². The van der Waals surface area contributed by atoms with Crippen molar-refractivity contribution in [1.82, 2.24) is 9.97 Å². The summed E-state index contributed by atoms with van der Waals surface area (Å²) in [6.07, 6.45) is 1.57. The molecule has 23 heavy (non-hydrogen) atoms. The van der Waals surface area contributed by atoms with Crippen molar-refractivity contribution < 1.29 is 13.2 Å². The lowest BCUT2D eigenvalue weighted by Crippen LogP contribution is -2.14. The van der Waals surface area contributed by atoms with Crippen molar-refractivity contribution >= 4 is 26.7 Å². The molecular weight excluding hydrogens is 314 g/mol. The Morgan fingerprint density at radius 1 is 1.13 bits per heavy atom. The topological polar surface area (TPSA) is 84.1 Å². The summed E-state index contributed by atoms with van der Waals surface area (Å²) in [4.78, 5) is 7.31. The van der Waals surface area contributed by atoms with Crippen LogP contribution in [0.4, 0.5) is 5.69 Å². The van der Waals surface area contributed by atoms with Gasteiger partial charge in [-0.15, -0.1) is 0 Å². The summed E-state index contributed by atoms with van der Waals surface area (Å²) < 4.78 is 33.2. The number of hydrogen-bond donors (Lipinski definition) is 2. The van der Waals surface area contributed by atoms with E-state index in [2.05, 4.69) is 14.7 Å². The molecule has 0 saturated heterocycles. The number of hydrogen-bond acceptors (Lipinski definition) is 4. The molecule has 1 aromatic heterocycles. The maximum atomic E-state index is 12.7. The minimum atomic E-state index is -3.68. The van der Waals surface area contributed by atoms with E-state index in [-0.39, 0.29) is 4.90 Å². The Morgan fingerprint density at radius 3 is 2.65 bits per heavy atom. The molecule has 0 amide bonds. The van der Waals surface area contributed by atoms with Gasteiger partial charge in [-0.2, -0.15) is 0 Å². The molecule has 3 rings (SSSR count). The Morgan fingerprint density at radius 2 is 1.91 bits per heavy atom. The van der Waals surface area contributed by atoms with Gasteiger partial charge >= 0.3 is 0 Å². The van der Waals surface area contributed by atoms with Crippen LogP contribution in [0, 0.1) is 13.8 Å². The van der Waals surface area contributed by atoms with E-state index in [0.717, 1.165) is 16.6 Å². The van der Waals surface area contributed by atoms with Gasteiger partial charge in [0.15, 0.2) is 0 Å². The van der Waals surface area contributed by atoms with Crippen molar-refractivity contribution in [2.24, 2.45) is 0 Å². The number of aromatic nitrogens is 2. The molecular formula is C16H17N3O3S. The molecule has 0 radical (unpaired) electrons. The number of methoxy groups -OCH3 is 1. The molecule has 0 spiro atoms. The number of aromatic amines is 1. The molecule has 3 aromatic rings. The monoisotopic (exact) mass is 331 g/mol. The van der Waals surface area contributed by atoms with Gasteiger partial charge in [0.05, 0.1) is 35.1 Å². The number of benzene rings is 2. The van der Waals surface area contributed by atoms with Crippen molar-refractivity contribution in [3.8, 4) is 5.75 Å². The van der Waals surface area contributed by atoms with Gasteiger partial charge in [0.2, 0.25) is 0 Å². The van der Waals surface area contributed by atoms with Gasteiger partial charge in [-0.05, 0) is 55.3 Å². The van der Waals surface area contributed by atoms with Gasteiger partial charge in [0.1, 0.15) is 5.75 Å². The van der Waals surface area contributed by atoms with Crippen LogP contribution in [-0.2, 0) is 10.0 Å². The third kappa shape index (κ3) is 2.87. The van der Waals surface area contributed by atoms with Gasteiger partial charge < -0.3 is 9.72 Å². The summed E-state index contributed by atoms with van der Waals surface area (Å²) in [5.74, 6) is 0.667. The van der Waals surface area contributed by atoms with E-state index in [0.29, 0.717) is 17.0 Å². The lowest BCUT2D eigenvalue weighted by atomic mass is 10.1. The quantitative estimate of drug-likeness (QED) is 0.770. The van der Waals surface area contributed by atoms with Gasteiger partial charge in [0.25, 0.3) is 10.0 Å². The Balaban J connectivity index is 1.99. The van der Waals surface area contributed by atoms with Crippen molar-refractivity contribution in [2.75, 3.05) is 11.8 Å². The Labute approximate surface area is 134 Å². The van der Waals surface area contributed by atoms with E-state index in [1.807, 2.05) is 6.92 Å². The van der Waals surface area contributed by atoms with Crippen LogP contribution in [0.15, 0.2) is 41.6 Å². The summed E-state index contributed by atoms with van der Waals surface area (Å²) in [7, 11) is -2.12. The number of H-pyrrole nitrogens is 1. The molecule has 120 valence electrons. The van der Waals surface area contributed by atoms with Crippen LogP contribution >= 0.6 is 0 Å². The molecule has 0 saturated carbocycles. The summed E-state index contributed by atoms with van der Waals surface area (Å²) in [6.45, 7) is 3.56. The number of imidazole rings is 1. The summed E-state index contributed by atoms with van der Waals surface area (Å²) >= 11 is 0. The first-order valence-electron chi connectivity index (χ1n) is 7.02. The average molecular weight is 331 g/mol. The lowest BCUT2D eigenvalue weighted by molar-refractivity contribution is 0.411. The predicted octanol–water partition coefficient (Wildman–Crippen LogP) is 2.99. The van der Waals surface area contributed by atoms with Crippen molar-refractivity contribution in [3.63, 3.8) is 0 Å². The summed E-state index contributed by atoms with van der Waals surface area (Å²) in [5, 5.41) is 0. The Kier molecular flexibility index (Phi) is 3.73.